The Kier molecular flexibility index (Phi) is 1.78. The summed E-state index contributed by atoms with van der Waals surface area (Å²) in [6.07, 6.45) is 1.76. The highest BCUT2D eigenvalue weighted by Crippen LogP contribution is 2.24. The highest BCUT2D eigenvalue weighted by atomic mass is 32.2. The molecule has 0 saturated carbocycles. The quantitative estimate of drug-likeness (QED) is 0.683. The summed E-state index contributed by atoms with van der Waals surface area (Å²) in [5.41, 5.74) is 1.04. The molecule has 0 amide bonds. The van der Waals surface area contributed by atoms with E-state index in [0.717, 1.165) is 27.8 Å². The predicted molar refractivity (Wildman–Crippen MR) is 49.2 cm³/mol. The maximum Gasteiger partial charge on any atom is 0.0691 e. The Bertz CT molecular complexity index is 410. The van der Waals surface area contributed by atoms with Crippen molar-refractivity contribution in [2.75, 3.05) is 0 Å². The van der Waals surface area contributed by atoms with Crippen molar-refractivity contribution in [1.29, 1.82) is 0 Å². The molecular weight excluding hydrogens is 172 g/mol. The lowest BCUT2D eigenvalue weighted by Gasteiger charge is -1.96. The van der Waals surface area contributed by atoms with E-state index in [1.807, 2.05) is 25.2 Å². The van der Waals surface area contributed by atoms with Crippen LogP contribution in [0.15, 0.2) is 29.3 Å². The Morgan fingerprint density at radius 2 is 2.33 bits per heavy atom. The number of aromatic nitrogens is 2. The fourth-order valence-electron chi connectivity index (χ4n) is 1.23. The van der Waals surface area contributed by atoms with Crippen molar-refractivity contribution in [3.8, 4) is 0 Å². The van der Waals surface area contributed by atoms with Gasteiger partial charge in [0.05, 0.1) is 11.7 Å². The predicted octanol–water partition coefficient (Wildman–Crippen LogP) is 2.14. The van der Waals surface area contributed by atoms with Gasteiger partial charge in [-0.1, -0.05) is 6.07 Å². The largest absolute Gasteiger partial charge is 0.325 e. The maximum absolute atomic E-state index is 8.92. The first-order valence-corrected chi connectivity index (χ1v) is 4.32. The molecule has 1 N–H and O–H groups in total. The van der Waals surface area contributed by atoms with E-state index in [4.69, 9.17) is 4.55 Å². The minimum atomic E-state index is 0.758. The van der Waals surface area contributed by atoms with E-state index in [0.29, 0.717) is 0 Å². The lowest BCUT2D eigenvalue weighted by Crippen LogP contribution is -1.87. The van der Waals surface area contributed by atoms with Crippen molar-refractivity contribution >= 4 is 22.9 Å². The molecule has 0 aliphatic heterocycles. The Morgan fingerprint density at radius 3 is 3.08 bits per heavy atom. The third-order valence-electron chi connectivity index (χ3n) is 1.85. The van der Waals surface area contributed by atoms with Gasteiger partial charge in [-0.05, 0) is 12.1 Å². The van der Waals surface area contributed by atoms with Crippen molar-refractivity contribution in [2.24, 2.45) is 7.05 Å². The van der Waals surface area contributed by atoms with Gasteiger partial charge in [-0.2, -0.15) is 5.10 Å². The molecule has 0 aliphatic carbocycles. The van der Waals surface area contributed by atoms with Crippen LogP contribution in [0.2, 0.25) is 0 Å². The molecule has 2 rings (SSSR count). The van der Waals surface area contributed by atoms with Crippen molar-refractivity contribution in [3.05, 3.63) is 24.4 Å². The van der Waals surface area contributed by atoms with Crippen LogP contribution in [0.1, 0.15) is 0 Å². The summed E-state index contributed by atoms with van der Waals surface area (Å²) in [7, 11) is 1.88. The molecular formula is C8H8N2OS. The molecule has 2 aromatic rings. The zero-order valence-corrected chi connectivity index (χ0v) is 7.38. The second-order valence-electron chi connectivity index (χ2n) is 2.55. The second-order valence-corrected chi connectivity index (χ2v) is 3.17. The molecule has 0 aliphatic rings. The van der Waals surface area contributed by atoms with Crippen LogP contribution in [0.25, 0.3) is 10.9 Å². The molecule has 0 saturated heterocycles. The van der Waals surface area contributed by atoms with Gasteiger partial charge in [0.1, 0.15) is 0 Å². The molecule has 0 unspecified atom stereocenters. The minimum absolute atomic E-state index is 0.758. The summed E-state index contributed by atoms with van der Waals surface area (Å²) in [5.74, 6) is 0. The van der Waals surface area contributed by atoms with Crippen LogP contribution in [0.5, 0.6) is 0 Å². The van der Waals surface area contributed by atoms with Crippen LogP contribution in [0, 0.1) is 0 Å². The molecule has 1 aromatic heterocycles. The van der Waals surface area contributed by atoms with Gasteiger partial charge in [0.2, 0.25) is 0 Å². The second kappa shape index (κ2) is 2.80. The van der Waals surface area contributed by atoms with Gasteiger partial charge in [-0.25, -0.2) is 0 Å². The van der Waals surface area contributed by atoms with E-state index in [-0.39, 0.29) is 0 Å². The highest BCUT2D eigenvalue weighted by molar-refractivity contribution is 7.94. The molecule has 0 fully saturated rings. The lowest BCUT2D eigenvalue weighted by molar-refractivity contribution is 0.664. The van der Waals surface area contributed by atoms with Crippen LogP contribution in [-0.4, -0.2) is 14.3 Å². The molecule has 62 valence electrons. The number of hydrogen-bond acceptors (Lipinski definition) is 3. The first-order chi connectivity index (χ1) is 5.83. The molecule has 0 spiro atoms. The van der Waals surface area contributed by atoms with Gasteiger partial charge in [0.15, 0.2) is 0 Å². The van der Waals surface area contributed by atoms with Crippen LogP contribution < -0.4 is 0 Å². The topological polar surface area (TPSA) is 38.0 Å². The van der Waals surface area contributed by atoms with Gasteiger partial charge >= 0.3 is 0 Å². The SMILES string of the molecule is Cn1ncc2c(SO)cccc21. The summed E-state index contributed by atoms with van der Waals surface area (Å²) in [6, 6.07) is 5.75. The smallest absolute Gasteiger partial charge is 0.0691 e. The summed E-state index contributed by atoms with van der Waals surface area (Å²) < 4.78 is 10.7. The Morgan fingerprint density at radius 1 is 1.50 bits per heavy atom. The lowest BCUT2D eigenvalue weighted by atomic mass is 10.2. The molecule has 0 radical (unpaired) electrons. The Balaban J connectivity index is 2.81. The number of aryl methyl sites for hydroxylation is 1. The first kappa shape index (κ1) is 7.64. The molecule has 12 heavy (non-hydrogen) atoms. The molecule has 1 aromatic carbocycles. The van der Waals surface area contributed by atoms with Gasteiger partial charge in [-0.3, -0.25) is 4.68 Å². The van der Waals surface area contributed by atoms with Crippen LogP contribution >= 0.6 is 12.0 Å². The maximum atomic E-state index is 8.92. The van der Waals surface area contributed by atoms with E-state index in [2.05, 4.69) is 5.10 Å². The van der Waals surface area contributed by atoms with Crippen molar-refractivity contribution in [3.63, 3.8) is 0 Å². The van der Waals surface area contributed by atoms with Gasteiger partial charge in [0.25, 0.3) is 0 Å². The van der Waals surface area contributed by atoms with Gasteiger partial charge in [0, 0.05) is 29.4 Å². The number of hydrogen-bond donors (Lipinski definition) is 1. The zero-order chi connectivity index (χ0) is 8.55. The first-order valence-electron chi connectivity index (χ1n) is 3.55. The zero-order valence-electron chi connectivity index (χ0n) is 6.56. The minimum Gasteiger partial charge on any atom is -0.325 e. The summed E-state index contributed by atoms with van der Waals surface area (Å²) >= 11 is 0.758. The van der Waals surface area contributed by atoms with Gasteiger partial charge < -0.3 is 4.55 Å². The summed E-state index contributed by atoms with van der Waals surface area (Å²) in [5, 5.41) is 5.09. The molecule has 1 heterocycles. The normalized spacial score (nSPS) is 10.8. The van der Waals surface area contributed by atoms with E-state index >= 15 is 0 Å². The van der Waals surface area contributed by atoms with E-state index in [1.165, 1.54) is 0 Å². The van der Waals surface area contributed by atoms with Crippen LogP contribution in [-0.2, 0) is 7.05 Å². The fraction of sp³-hybridized carbons (Fsp3) is 0.125. The Hall–Kier alpha value is -1.00. The summed E-state index contributed by atoms with van der Waals surface area (Å²) in [4.78, 5) is 0.848. The third kappa shape index (κ3) is 1.00. The van der Waals surface area contributed by atoms with Crippen molar-refractivity contribution < 1.29 is 4.55 Å². The third-order valence-corrected chi connectivity index (χ3v) is 2.40. The Labute approximate surface area is 74.2 Å². The van der Waals surface area contributed by atoms with E-state index in [1.54, 1.807) is 10.9 Å². The fourth-order valence-corrected chi connectivity index (χ4v) is 1.63. The highest BCUT2D eigenvalue weighted by Gasteiger charge is 2.03. The number of benzene rings is 1. The molecule has 4 heteroatoms. The van der Waals surface area contributed by atoms with Gasteiger partial charge in [-0.15, -0.1) is 0 Å². The number of rotatable bonds is 1. The van der Waals surface area contributed by atoms with Crippen LogP contribution in [0.3, 0.4) is 0 Å². The average molecular weight is 180 g/mol. The van der Waals surface area contributed by atoms with E-state index in [9.17, 15) is 0 Å². The molecule has 0 atom stereocenters. The van der Waals surface area contributed by atoms with Crippen molar-refractivity contribution in [2.45, 2.75) is 4.90 Å². The molecule has 3 nitrogen and oxygen atoms in total. The standard InChI is InChI=1S/C8H8N2OS/c1-10-7-3-2-4-8(12-11)6(7)5-9-10/h2-5,11H,1H3. The average Bonchev–Trinajstić information content (AvgIpc) is 2.48. The van der Waals surface area contributed by atoms with Crippen LogP contribution in [0.4, 0.5) is 0 Å². The van der Waals surface area contributed by atoms with E-state index < -0.39 is 0 Å². The number of nitrogens with zero attached hydrogens (tertiary/aromatic N) is 2. The summed E-state index contributed by atoms with van der Waals surface area (Å²) in [6.45, 7) is 0. The monoisotopic (exact) mass is 180 g/mol. The molecule has 0 bridgehead atoms. The van der Waals surface area contributed by atoms with Crippen molar-refractivity contribution in [1.82, 2.24) is 9.78 Å². The number of fused-ring (bicyclic) bond motifs is 1.